The van der Waals surface area contributed by atoms with Gasteiger partial charge in [-0.2, -0.15) is 5.26 Å². The van der Waals surface area contributed by atoms with Crippen LogP contribution in [0.25, 0.3) is 0 Å². The first-order valence-electron chi connectivity index (χ1n) is 6.28. The van der Waals surface area contributed by atoms with Crippen LogP contribution in [0.2, 0.25) is 5.02 Å². The van der Waals surface area contributed by atoms with E-state index < -0.39 is 5.91 Å². The molecule has 2 aromatic carbocycles. The van der Waals surface area contributed by atoms with Crippen LogP contribution in [0.5, 0.6) is 0 Å². The Balaban J connectivity index is 2.09. The van der Waals surface area contributed by atoms with Gasteiger partial charge in [-0.25, -0.2) is 0 Å². The minimum Gasteiger partial charge on any atom is -0.360 e. The first kappa shape index (κ1) is 16.1. The molecule has 2 rings (SSSR count). The zero-order valence-corrected chi connectivity index (χ0v) is 13.6. The summed E-state index contributed by atoms with van der Waals surface area (Å²) in [6, 6.07) is 16.0. The summed E-state index contributed by atoms with van der Waals surface area (Å²) in [5, 5.41) is 15.1. The van der Waals surface area contributed by atoms with Crippen LogP contribution >= 0.6 is 27.5 Å². The second-order valence-electron chi connectivity index (χ2n) is 4.29. The number of nitrogens with one attached hydrogen (secondary N) is 2. The lowest BCUT2D eigenvalue weighted by Crippen LogP contribution is -2.14. The standard InChI is InChI=1S/C16H11BrClN3O/c17-12-3-1-5-14(7-12)20-10-11(9-19)16(22)21-15-6-2-4-13(18)8-15/h1-8,10,20H,(H,21,22)/b11-10-. The molecule has 0 aliphatic carbocycles. The van der Waals surface area contributed by atoms with E-state index >= 15 is 0 Å². The SMILES string of the molecule is N#C/C(=C/Nc1cccc(Br)c1)C(=O)Nc1cccc(Cl)c1. The van der Waals surface area contributed by atoms with Crippen molar-refractivity contribution in [2.75, 3.05) is 10.6 Å². The van der Waals surface area contributed by atoms with Crippen molar-refractivity contribution in [3.8, 4) is 6.07 Å². The van der Waals surface area contributed by atoms with Gasteiger partial charge in [-0.1, -0.05) is 39.7 Å². The van der Waals surface area contributed by atoms with Crippen molar-refractivity contribution in [2.24, 2.45) is 0 Å². The van der Waals surface area contributed by atoms with Gasteiger partial charge in [0.15, 0.2) is 0 Å². The molecular weight excluding hydrogens is 366 g/mol. The highest BCUT2D eigenvalue weighted by Gasteiger charge is 2.09. The molecule has 0 aliphatic rings. The van der Waals surface area contributed by atoms with E-state index in [2.05, 4.69) is 26.6 Å². The maximum absolute atomic E-state index is 12.0. The molecule has 0 saturated heterocycles. The average Bonchev–Trinajstić information content (AvgIpc) is 2.48. The monoisotopic (exact) mass is 375 g/mol. The van der Waals surface area contributed by atoms with Gasteiger partial charge in [0.05, 0.1) is 0 Å². The largest absolute Gasteiger partial charge is 0.360 e. The molecule has 0 bridgehead atoms. The number of benzene rings is 2. The normalized spacial score (nSPS) is 10.7. The molecule has 1 amide bonds. The lowest BCUT2D eigenvalue weighted by molar-refractivity contribution is -0.112. The second kappa shape index (κ2) is 7.64. The van der Waals surface area contributed by atoms with Crippen LogP contribution in [-0.2, 0) is 4.79 Å². The molecule has 2 aromatic rings. The Hall–Kier alpha value is -2.29. The highest BCUT2D eigenvalue weighted by atomic mass is 79.9. The van der Waals surface area contributed by atoms with E-state index in [-0.39, 0.29) is 5.57 Å². The predicted octanol–water partition coefficient (Wildman–Crippen LogP) is 4.56. The van der Waals surface area contributed by atoms with Gasteiger partial charge in [-0.3, -0.25) is 4.79 Å². The fourth-order valence-electron chi connectivity index (χ4n) is 1.65. The van der Waals surface area contributed by atoms with Crippen LogP contribution in [0.1, 0.15) is 0 Å². The molecular formula is C16H11BrClN3O. The summed E-state index contributed by atoms with van der Waals surface area (Å²) in [5.41, 5.74) is 1.25. The van der Waals surface area contributed by atoms with E-state index in [4.69, 9.17) is 16.9 Å². The maximum atomic E-state index is 12.0. The number of halogens is 2. The van der Waals surface area contributed by atoms with Crippen LogP contribution in [-0.4, -0.2) is 5.91 Å². The highest BCUT2D eigenvalue weighted by Crippen LogP contribution is 2.17. The molecule has 0 aromatic heterocycles. The number of carbonyl (C=O) groups is 1. The number of hydrogen-bond acceptors (Lipinski definition) is 3. The summed E-state index contributed by atoms with van der Waals surface area (Å²) in [5.74, 6) is -0.507. The Kier molecular flexibility index (Phi) is 5.59. The van der Waals surface area contributed by atoms with Crippen LogP contribution in [0.3, 0.4) is 0 Å². The van der Waals surface area contributed by atoms with Gasteiger partial charge in [-0.15, -0.1) is 0 Å². The molecule has 4 nitrogen and oxygen atoms in total. The molecule has 0 radical (unpaired) electrons. The number of rotatable bonds is 4. The quantitative estimate of drug-likeness (QED) is 0.607. The third kappa shape index (κ3) is 4.62. The average molecular weight is 377 g/mol. The van der Waals surface area contributed by atoms with Crippen molar-refractivity contribution < 1.29 is 4.79 Å². The summed E-state index contributed by atoms with van der Waals surface area (Å²) in [7, 11) is 0. The number of nitrogens with zero attached hydrogens (tertiary/aromatic N) is 1. The van der Waals surface area contributed by atoms with Crippen molar-refractivity contribution >= 4 is 44.8 Å². The van der Waals surface area contributed by atoms with Crippen LogP contribution in [0.15, 0.2) is 64.8 Å². The molecule has 0 spiro atoms. The van der Waals surface area contributed by atoms with Gasteiger partial charge >= 0.3 is 0 Å². The van der Waals surface area contributed by atoms with Crippen molar-refractivity contribution in [1.82, 2.24) is 0 Å². The molecule has 0 saturated carbocycles. The maximum Gasteiger partial charge on any atom is 0.267 e. The van der Waals surface area contributed by atoms with Crippen molar-refractivity contribution in [2.45, 2.75) is 0 Å². The minimum atomic E-state index is -0.507. The topological polar surface area (TPSA) is 64.9 Å². The Morgan fingerprint density at radius 3 is 2.59 bits per heavy atom. The van der Waals surface area contributed by atoms with E-state index in [0.717, 1.165) is 10.2 Å². The summed E-state index contributed by atoms with van der Waals surface area (Å²) in [4.78, 5) is 12.0. The van der Waals surface area contributed by atoms with Crippen molar-refractivity contribution in [1.29, 1.82) is 5.26 Å². The summed E-state index contributed by atoms with van der Waals surface area (Å²) in [6.45, 7) is 0. The third-order valence-electron chi connectivity index (χ3n) is 2.66. The highest BCUT2D eigenvalue weighted by molar-refractivity contribution is 9.10. The van der Waals surface area contributed by atoms with Crippen molar-refractivity contribution in [3.63, 3.8) is 0 Å². The zero-order valence-electron chi connectivity index (χ0n) is 11.3. The molecule has 0 heterocycles. The number of anilines is 2. The van der Waals surface area contributed by atoms with Gasteiger partial charge in [0, 0.05) is 27.1 Å². The van der Waals surface area contributed by atoms with Crippen LogP contribution in [0.4, 0.5) is 11.4 Å². The minimum absolute atomic E-state index is 0.0417. The molecule has 22 heavy (non-hydrogen) atoms. The van der Waals surface area contributed by atoms with Gasteiger partial charge in [0.25, 0.3) is 5.91 Å². The lowest BCUT2D eigenvalue weighted by Gasteiger charge is -2.05. The molecule has 0 fully saturated rings. The van der Waals surface area contributed by atoms with E-state index in [9.17, 15) is 4.79 Å². The summed E-state index contributed by atoms with van der Waals surface area (Å²) in [6.07, 6.45) is 1.36. The smallest absolute Gasteiger partial charge is 0.267 e. The van der Waals surface area contributed by atoms with Crippen LogP contribution < -0.4 is 10.6 Å². The van der Waals surface area contributed by atoms with E-state index in [1.54, 1.807) is 24.3 Å². The molecule has 0 aliphatic heterocycles. The second-order valence-corrected chi connectivity index (χ2v) is 5.64. The van der Waals surface area contributed by atoms with Gasteiger partial charge < -0.3 is 10.6 Å². The Labute approximate surface area is 141 Å². The molecule has 6 heteroatoms. The van der Waals surface area contributed by atoms with E-state index in [1.165, 1.54) is 6.20 Å². The first-order valence-corrected chi connectivity index (χ1v) is 7.45. The fourth-order valence-corrected chi connectivity index (χ4v) is 2.24. The third-order valence-corrected chi connectivity index (χ3v) is 3.38. The fraction of sp³-hybridized carbons (Fsp3) is 0. The lowest BCUT2D eigenvalue weighted by atomic mass is 10.2. The number of carbonyl (C=O) groups excluding carboxylic acids is 1. The molecule has 110 valence electrons. The summed E-state index contributed by atoms with van der Waals surface area (Å²) < 4.78 is 0.896. The molecule has 0 unspecified atom stereocenters. The Morgan fingerprint density at radius 2 is 1.91 bits per heavy atom. The Morgan fingerprint density at radius 1 is 1.18 bits per heavy atom. The van der Waals surface area contributed by atoms with Gasteiger partial charge in [0.1, 0.15) is 11.6 Å². The Bertz CT molecular complexity index is 768. The predicted molar refractivity (Wildman–Crippen MR) is 91.5 cm³/mol. The molecule has 0 atom stereocenters. The van der Waals surface area contributed by atoms with Gasteiger partial charge in [-0.05, 0) is 36.4 Å². The van der Waals surface area contributed by atoms with Crippen LogP contribution in [0, 0.1) is 11.3 Å². The van der Waals surface area contributed by atoms with E-state index in [0.29, 0.717) is 10.7 Å². The summed E-state index contributed by atoms with van der Waals surface area (Å²) >= 11 is 9.20. The zero-order chi connectivity index (χ0) is 15.9. The number of amides is 1. The number of nitriles is 1. The van der Waals surface area contributed by atoms with Crippen molar-refractivity contribution in [3.05, 3.63) is 69.8 Å². The molecule has 2 N–H and O–H groups in total. The first-order chi connectivity index (χ1) is 10.6. The van der Waals surface area contributed by atoms with Gasteiger partial charge in [0.2, 0.25) is 0 Å². The van der Waals surface area contributed by atoms with E-state index in [1.807, 2.05) is 30.3 Å². The number of hydrogen-bond donors (Lipinski definition) is 2.